The second-order valence-electron chi connectivity index (χ2n) is 16.2. The third kappa shape index (κ3) is 19.1. The maximum absolute atomic E-state index is 13.2. The molecular weight excluding hydrogens is 777 g/mol. The minimum Gasteiger partial charge on any atom is -0.463 e. The highest BCUT2D eigenvalue weighted by Crippen LogP contribution is 2.26. The first-order valence-corrected chi connectivity index (χ1v) is 22.4. The summed E-state index contributed by atoms with van der Waals surface area (Å²) in [6.07, 6.45) is 12.4. The van der Waals surface area contributed by atoms with Crippen LogP contribution in [0.5, 0.6) is 0 Å². The summed E-state index contributed by atoms with van der Waals surface area (Å²) in [5.74, 6) is -1.66. The van der Waals surface area contributed by atoms with Crippen LogP contribution in [0.15, 0.2) is 133 Å². The molecule has 0 fully saturated rings. The second-order valence-corrected chi connectivity index (χ2v) is 16.2. The van der Waals surface area contributed by atoms with Crippen molar-refractivity contribution in [1.82, 2.24) is 21.3 Å². The van der Waals surface area contributed by atoms with E-state index < -0.39 is 17.9 Å². The van der Waals surface area contributed by atoms with E-state index in [0.717, 1.165) is 80.0 Å². The van der Waals surface area contributed by atoms with Crippen molar-refractivity contribution in [2.45, 2.75) is 102 Å². The van der Waals surface area contributed by atoms with E-state index >= 15 is 0 Å². The lowest BCUT2D eigenvalue weighted by Crippen LogP contribution is -2.47. The maximum Gasteiger partial charge on any atom is 0.328 e. The van der Waals surface area contributed by atoms with E-state index in [9.17, 15) is 24.0 Å². The zero-order valence-electron chi connectivity index (χ0n) is 36.6. The average molecular weight is 843 g/mol. The number of hydrogen-bond acceptors (Lipinski definition) is 6. The number of hydrogen-bond donors (Lipinski definition) is 4. The number of nitrogens with one attached hydrogen (secondary N) is 4. The molecule has 0 aliphatic carbocycles. The molecule has 62 heavy (non-hydrogen) atoms. The molecule has 4 aromatic carbocycles. The van der Waals surface area contributed by atoms with Gasteiger partial charge in [0, 0.05) is 43.5 Å². The fourth-order valence-electron chi connectivity index (χ4n) is 7.35. The van der Waals surface area contributed by atoms with E-state index in [1.165, 1.54) is 12.2 Å². The Kier molecular flexibility index (Phi) is 22.3. The SMILES string of the molecule is CC(C)C[C@H](NC(=O)CNC(=O)CCCCCCCCCCCNC(=O)/C=C/C(=O)NCC(c1ccccc1)c1ccccc1)C(=O)OCC(c1ccccc1)c1ccccc1. The molecule has 4 amide bonds. The molecule has 4 N–H and O–H groups in total. The molecule has 10 heteroatoms. The normalized spacial score (nSPS) is 11.7. The van der Waals surface area contributed by atoms with Gasteiger partial charge in [-0.3, -0.25) is 19.2 Å². The predicted octanol–water partition coefficient (Wildman–Crippen LogP) is 8.53. The Labute approximate surface area is 368 Å². The van der Waals surface area contributed by atoms with Crippen molar-refractivity contribution in [2.24, 2.45) is 5.92 Å². The molecule has 0 aromatic heterocycles. The Balaban J connectivity index is 0.998. The van der Waals surface area contributed by atoms with Gasteiger partial charge < -0.3 is 26.0 Å². The minimum atomic E-state index is -0.813. The molecule has 0 bridgehead atoms. The highest BCUT2D eigenvalue weighted by molar-refractivity contribution is 5.96. The monoisotopic (exact) mass is 842 g/mol. The Morgan fingerprint density at radius 1 is 0.516 bits per heavy atom. The third-order valence-corrected chi connectivity index (χ3v) is 10.7. The lowest BCUT2D eigenvalue weighted by atomic mass is 9.91. The van der Waals surface area contributed by atoms with Gasteiger partial charge in [0.25, 0.3) is 0 Å². The molecule has 10 nitrogen and oxygen atoms in total. The first-order valence-electron chi connectivity index (χ1n) is 22.4. The predicted molar refractivity (Wildman–Crippen MR) is 246 cm³/mol. The quantitative estimate of drug-likeness (QED) is 0.0257. The van der Waals surface area contributed by atoms with E-state index in [2.05, 4.69) is 45.5 Å². The molecule has 4 aromatic rings. The number of benzene rings is 4. The van der Waals surface area contributed by atoms with Gasteiger partial charge in [-0.05, 0) is 47.4 Å². The van der Waals surface area contributed by atoms with Crippen LogP contribution < -0.4 is 21.3 Å². The summed E-state index contributed by atoms with van der Waals surface area (Å²) in [4.78, 5) is 63.3. The van der Waals surface area contributed by atoms with Crippen LogP contribution in [0, 0.1) is 5.92 Å². The zero-order chi connectivity index (χ0) is 44.2. The molecule has 4 rings (SSSR count). The third-order valence-electron chi connectivity index (χ3n) is 10.7. The van der Waals surface area contributed by atoms with Crippen LogP contribution in [0.2, 0.25) is 0 Å². The first-order chi connectivity index (χ1) is 30.2. The maximum atomic E-state index is 13.2. The Bertz CT molecular complexity index is 1860. The van der Waals surface area contributed by atoms with Crippen molar-refractivity contribution in [3.8, 4) is 0 Å². The van der Waals surface area contributed by atoms with Gasteiger partial charge in [-0.15, -0.1) is 0 Å². The summed E-state index contributed by atoms with van der Waals surface area (Å²) in [5.41, 5.74) is 4.30. The molecule has 0 saturated carbocycles. The summed E-state index contributed by atoms with van der Waals surface area (Å²) < 4.78 is 5.81. The number of amides is 4. The molecular formula is C52H66N4O6. The van der Waals surface area contributed by atoms with E-state index in [1.807, 2.05) is 111 Å². The summed E-state index contributed by atoms with van der Waals surface area (Å²) in [6.45, 7) is 4.90. The highest BCUT2D eigenvalue weighted by atomic mass is 16.5. The number of esters is 1. The number of unbranched alkanes of at least 4 members (excludes halogenated alkanes) is 8. The zero-order valence-corrected chi connectivity index (χ0v) is 36.6. The molecule has 0 unspecified atom stereocenters. The Morgan fingerprint density at radius 3 is 1.44 bits per heavy atom. The standard InChI is InChI=1S/C52H66N4O6/c1-40(2)36-47(52(61)62-39-46(43-28-18-12-19-29-43)44-30-20-13-21-31-44)56-51(60)38-55-48(57)32-22-8-6-4-3-5-7-9-23-35-53-49(58)33-34-50(59)54-37-45(41-24-14-10-15-25-41)42-26-16-11-17-27-42/h10-21,24-31,33-34,40,45-47H,3-9,22-23,32,35-39H2,1-2H3,(H,53,58)(H,54,59)(H,55,57)(H,56,60)/b34-33+/t47-/m0/s1. The van der Waals surface area contributed by atoms with Crippen molar-refractivity contribution in [1.29, 1.82) is 0 Å². The van der Waals surface area contributed by atoms with Gasteiger partial charge >= 0.3 is 5.97 Å². The van der Waals surface area contributed by atoms with Crippen LogP contribution >= 0.6 is 0 Å². The van der Waals surface area contributed by atoms with Gasteiger partial charge in [0.1, 0.15) is 12.6 Å². The van der Waals surface area contributed by atoms with Crippen molar-refractivity contribution >= 4 is 29.6 Å². The fourth-order valence-corrected chi connectivity index (χ4v) is 7.35. The van der Waals surface area contributed by atoms with E-state index in [-0.39, 0.29) is 48.6 Å². The second kappa shape index (κ2) is 28.5. The lowest BCUT2D eigenvalue weighted by molar-refractivity contribution is -0.148. The van der Waals surface area contributed by atoms with Crippen LogP contribution in [0.1, 0.15) is 119 Å². The molecule has 0 saturated heterocycles. The lowest BCUT2D eigenvalue weighted by Gasteiger charge is -2.22. The number of carbonyl (C=O) groups excluding carboxylic acids is 5. The largest absolute Gasteiger partial charge is 0.463 e. The van der Waals surface area contributed by atoms with Gasteiger partial charge in [0.2, 0.25) is 23.6 Å². The summed E-state index contributed by atoms with van der Waals surface area (Å²) in [5, 5.41) is 11.3. The smallest absolute Gasteiger partial charge is 0.328 e. The van der Waals surface area contributed by atoms with Crippen molar-refractivity contribution in [3.05, 3.63) is 156 Å². The van der Waals surface area contributed by atoms with Crippen LogP contribution in [-0.4, -0.2) is 61.9 Å². The minimum absolute atomic E-state index is 0.0119. The number of rotatable bonds is 28. The van der Waals surface area contributed by atoms with E-state index in [1.54, 1.807) is 0 Å². The van der Waals surface area contributed by atoms with Crippen LogP contribution in [-0.2, 0) is 28.7 Å². The molecule has 0 aliphatic heterocycles. The van der Waals surface area contributed by atoms with E-state index in [0.29, 0.717) is 25.9 Å². The Hall–Kier alpha value is -6.03. The van der Waals surface area contributed by atoms with Crippen LogP contribution in [0.4, 0.5) is 0 Å². The molecule has 0 aliphatic rings. The molecule has 330 valence electrons. The van der Waals surface area contributed by atoms with Crippen molar-refractivity contribution < 1.29 is 28.7 Å². The molecule has 0 heterocycles. The van der Waals surface area contributed by atoms with Crippen molar-refractivity contribution in [3.63, 3.8) is 0 Å². The van der Waals surface area contributed by atoms with Gasteiger partial charge in [-0.2, -0.15) is 0 Å². The first kappa shape index (κ1) is 48.6. The summed E-state index contributed by atoms with van der Waals surface area (Å²) in [7, 11) is 0. The van der Waals surface area contributed by atoms with Crippen LogP contribution in [0.3, 0.4) is 0 Å². The van der Waals surface area contributed by atoms with Crippen LogP contribution in [0.25, 0.3) is 0 Å². The topological polar surface area (TPSA) is 143 Å². The number of ether oxygens (including phenoxy) is 1. The fraction of sp³-hybridized carbons (Fsp3) is 0.404. The van der Waals surface area contributed by atoms with Gasteiger partial charge in [-0.1, -0.05) is 180 Å². The Morgan fingerprint density at radius 2 is 0.952 bits per heavy atom. The van der Waals surface area contributed by atoms with Gasteiger partial charge in [-0.25, -0.2) is 4.79 Å². The summed E-state index contributed by atoms with van der Waals surface area (Å²) >= 11 is 0. The van der Waals surface area contributed by atoms with Gasteiger partial charge in [0.05, 0.1) is 6.54 Å². The summed E-state index contributed by atoms with van der Waals surface area (Å²) in [6, 6.07) is 39.1. The molecule has 0 radical (unpaired) electrons. The van der Waals surface area contributed by atoms with Gasteiger partial charge in [0.15, 0.2) is 0 Å². The highest BCUT2D eigenvalue weighted by Gasteiger charge is 2.26. The van der Waals surface area contributed by atoms with Crippen molar-refractivity contribution in [2.75, 3.05) is 26.2 Å². The molecule has 1 atom stereocenters. The molecule has 0 spiro atoms. The van der Waals surface area contributed by atoms with E-state index in [4.69, 9.17) is 4.74 Å². The number of carbonyl (C=O) groups is 5. The average Bonchev–Trinajstić information content (AvgIpc) is 3.29.